The van der Waals surface area contributed by atoms with Crippen LogP contribution < -0.4 is 15.0 Å². The molecule has 0 unspecified atom stereocenters. The Bertz CT molecular complexity index is 1100. The molecule has 164 valence electrons. The number of benzene rings is 2. The third-order valence-electron chi connectivity index (χ3n) is 6.44. The van der Waals surface area contributed by atoms with E-state index in [0.717, 1.165) is 53.7 Å². The third-order valence-corrected chi connectivity index (χ3v) is 6.44. The summed E-state index contributed by atoms with van der Waals surface area (Å²) < 4.78 is 11.8. The number of hydrogen-bond donors (Lipinski definition) is 1. The monoisotopic (exact) mass is 421 g/mol. The van der Waals surface area contributed by atoms with Gasteiger partial charge < -0.3 is 24.3 Å². The van der Waals surface area contributed by atoms with E-state index in [9.17, 15) is 4.79 Å². The first-order valence-corrected chi connectivity index (χ1v) is 11.6. The molecule has 2 aromatic carbocycles. The lowest BCUT2D eigenvalue weighted by atomic mass is 10.1. The lowest BCUT2D eigenvalue weighted by Gasteiger charge is -2.30. The highest BCUT2D eigenvalue weighted by atomic mass is 16.5. The van der Waals surface area contributed by atoms with E-state index in [1.54, 1.807) is 0 Å². The second kappa shape index (κ2) is 9.28. The molecule has 2 saturated heterocycles. The molecule has 2 aliphatic heterocycles. The van der Waals surface area contributed by atoms with Gasteiger partial charge in [0.1, 0.15) is 11.5 Å². The molecule has 2 fully saturated rings. The maximum absolute atomic E-state index is 12.7. The molecule has 6 heteroatoms. The second-order valence-corrected chi connectivity index (χ2v) is 8.66. The van der Waals surface area contributed by atoms with Gasteiger partial charge in [-0.15, -0.1) is 0 Å². The van der Waals surface area contributed by atoms with Gasteiger partial charge in [-0.1, -0.05) is 0 Å². The first kappa shape index (κ1) is 20.3. The Kier molecular flexibility index (Phi) is 6.09. The molecule has 0 spiro atoms. The maximum Gasteiger partial charge on any atom is 0.256 e. The fourth-order valence-corrected chi connectivity index (χ4v) is 4.34. The minimum atomic E-state index is -0.0940. The first-order chi connectivity index (χ1) is 15.3. The van der Waals surface area contributed by atoms with Crippen molar-refractivity contribution in [2.24, 2.45) is 0 Å². The number of H-pyrrole nitrogens is 1. The van der Waals surface area contributed by atoms with Crippen LogP contribution in [0.4, 0.5) is 0 Å². The van der Waals surface area contributed by atoms with Crippen molar-refractivity contribution < 1.29 is 9.47 Å². The van der Waals surface area contributed by atoms with Gasteiger partial charge >= 0.3 is 0 Å². The molecule has 0 saturated carbocycles. The zero-order valence-corrected chi connectivity index (χ0v) is 18.1. The SMILES string of the molecule is O=c1[nH]c2cc(OCCCN3CCC3)ccc2c2ccc(OCCCN3CCC3)cc12. The summed E-state index contributed by atoms with van der Waals surface area (Å²) in [5, 5.41) is 2.62. The van der Waals surface area contributed by atoms with Crippen LogP contribution in [0.2, 0.25) is 0 Å². The number of nitrogens with zero attached hydrogens (tertiary/aromatic N) is 2. The molecule has 0 amide bonds. The van der Waals surface area contributed by atoms with Crippen LogP contribution in [0.3, 0.4) is 0 Å². The molecule has 2 aliphatic rings. The number of aromatic nitrogens is 1. The van der Waals surface area contributed by atoms with Crippen LogP contribution in [0.5, 0.6) is 11.5 Å². The van der Waals surface area contributed by atoms with Crippen molar-refractivity contribution >= 4 is 21.7 Å². The largest absolute Gasteiger partial charge is 0.494 e. The zero-order valence-electron chi connectivity index (χ0n) is 18.1. The van der Waals surface area contributed by atoms with Crippen LogP contribution in [0.25, 0.3) is 21.7 Å². The number of nitrogens with one attached hydrogen (secondary N) is 1. The Hall–Kier alpha value is -2.57. The molecule has 0 atom stereocenters. The topological polar surface area (TPSA) is 57.8 Å². The summed E-state index contributed by atoms with van der Waals surface area (Å²) >= 11 is 0. The molecule has 3 heterocycles. The highest BCUT2D eigenvalue weighted by Crippen LogP contribution is 2.27. The van der Waals surface area contributed by atoms with Crippen molar-refractivity contribution in [2.45, 2.75) is 25.7 Å². The summed E-state index contributed by atoms with van der Waals surface area (Å²) in [6, 6.07) is 11.8. The fraction of sp³-hybridized carbons (Fsp3) is 0.480. The van der Waals surface area contributed by atoms with Gasteiger partial charge in [0.2, 0.25) is 0 Å². The molecule has 5 rings (SSSR count). The van der Waals surface area contributed by atoms with Gasteiger partial charge in [-0.2, -0.15) is 0 Å². The van der Waals surface area contributed by atoms with E-state index in [4.69, 9.17) is 9.47 Å². The molecular weight excluding hydrogens is 390 g/mol. The van der Waals surface area contributed by atoms with Crippen molar-refractivity contribution in [1.29, 1.82) is 0 Å². The Morgan fingerprint density at radius 1 is 0.742 bits per heavy atom. The van der Waals surface area contributed by atoms with Crippen LogP contribution in [0.15, 0.2) is 41.2 Å². The van der Waals surface area contributed by atoms with Gasteiger partial charge in [-0.25, -0.2) is 0 Å². The molecule has 0 radical (unpaired) electrons. The molecule has 1 N–H and O–H groups in total. The Labute approximate surface area is 182 Å². The predicted molar refractivity (Wildman–Crippen MR) is 124 cm³/mol. The van der Waals surface area contributed by atoms with E-state index in [2.05, 4.69) is 14.8 Å². The normalized spacial score (nSPS) is 16.9. The van der Waals surface area contributed by atoms with Gasteiger partial charge in [0.25, 0.3) is 5.56 Å². The van der Waals surface area contributed by atoms with E-state index in [1.807, 2.05) is 36.4 Å². The summed E-state index contributed by atoms with van der Waals surface area (Å²) in [6.07, 6.45) is 4.66. The standard InChI is InChI=1S/C25H31N3O3/c29-25-23-17-19(30-15-3-13-27-9-1-10-27)5-7-21(23)22-8-6-20(18-24(22)26-25)31-16-4-14-28-11-2-12-28/h5-8,17-18H,1-4,9-16H2,(H,26,29). The van der Waals surface area contributed by atoms with Crippen LogP contribution in [0, 0.1) is 0 Å². The summed E-state index contributed by atoms with van der Waals surface area (Å²) in [6.45, 7) is 8.41. The molecule has 6 nitrogen and oxygen atoms in total. The lowest BCUT2D eigenvalue weighted by molar-refractivity contribution is 0.165. The van der Waals surface area contributed by atoms with Gasteiger partial charge in [0.15, 0.2) is 0 Å². The van der Waals surface area contributed by atoms with Gasteiger partial charge in [0.05, 0.1) is 24.1 Å². The van der Waals surface area contributed by atoms with E-state index in [1.165, 1.54) is 39.0 Å². The summed E-state index contributed by atoms with van der Waals surface area (Å²) in [5.41, 5.74) is 0.712. The van der Waals surface area contributed by atoms with Crippen molar-refractivity contribution in [3.63, 3.8) is 0 Å². The van der Waals surface area contributed by atoms with Gasteiger partial charge in [0, 0.05) is 24.5 Å². The molecule has 0 aliphatic carbocycles. The zero-order chi connectivity index (χ0) is 21.0. The molecule has 0 bridgehead atoms. The van der Waals surface area contributed by atoms with E-state index in [0.29, 0.717) is 18.6 Å². The number of likely N-dealkylation sites (tertiary alicyclic amines) is 2. The van der Waals surface area contributed by atoms with Gasteiger partial charge in [-0.05, 0) is 87.6 Å². The minimum absolute atomic E-state index is 0.0940. The lowest BCUT2D eigenvalue weighted by Crippen LogP contribution is -2.38. The number of hydrogen-bond acceptors (Lipinski definition) is 5. The quantitative estimate of drug-likeness (QED) is 0.400. The van der Waals surface area contributed by atoms with Crippen LogP contribution >= 0.6 is 0 Å². The number of rotatable bonds is 10. The van der Waals surface area contributed by atoms with Crippen molar-refractivity contribution in [1.82, 2.24) is 14.8 Å². The highest BCUT2D eigenvalue weighted by molar-refractivity contribution is 6.05. The van der Waals surface area contributed by atoms with Crippen molar-refractivity contribution in [2.75, 3.05) is 52.5 Å². The number of aromatic amines is 1. The van der Waals surface area contributed by atoms with Crippen LogP contribution in [0.1, 0.15) is 25.7 Å². The van der Waals surface area contributed by atoms with Crippen LogP contribution in [-0.2, 0) is 0 Å². The summed E-state index contributed by atoms with van der Waals surface area (Å²) in [4.78, 5) is 20.6. The maximum atomic E-state index is 12.7. The van der Waals surface area contributed by atoms with Gasteiger partial charge in [-0.3, -0.25) is 4.79 Å². The minimum Gasteiger partial charge on any atom is -0.494 e. The van der Waals surface area contributed by atoms with Crippen molar-refractivity contribution in [3.8, 4) is 11.5 Å². The molecule has 3 aromatic rings. The summed E-state index contributed by atoms with van der Waals surface area (Å²) in [5.74, 6) is 1.55. The molecular formula is C25H31N3O3. The first-order valence-electron chi connectivity index (χ1n) is 11.6. The second-order valence-electron chi connectivity index (χ2n) is 8.66. The smallest absolute Gasteiger partial charge is 0.256 e. The third kappa shape index (κ3) is 4.70. The highest BCUT2D eigenvalue weighted by Gasteiger charge is 2.13. The summed E-state index contributed by atoms with van der Waals surface area (Å²) in [7, 11) is 0. The molecule has 31 heavy (non-hydrogen) atoms. The average Bonchev–Trinajstić information content (AvgIpc) is 2.71. The Morgan fingerprint density at radius 3 is 1.90 bits per heavy atom. The number of pyridine rings is 1. The number of fused-ring (bicyclic) bond motifs is 3. The Balaban J connectivity index is 1.25. The van der Waals surface area contributed by atoms with E-state index in [-0.39, 0.29) is 5.56 Å². The average molecular weight is 422 g/mol. The molecule has 1 aromatic heterocycles. The fourth-order valence-electron chi connectivity index (χ4n) is 4.34. The van der Waals surface area contributed by atoms with E-state index < -0.39 is 0 Å². The van der Waals surface area contributed by atoms with Crippen LogP contribution in [-0.4, -0.2) is 67.3 Å². The predicted octanol–water partition coefficient (Wildman–Crippen LogP) is 3.63. The van der Waals surface area contributed by atoms with E-state index >= 15 is 0 Å². The Morgan fingerprint density at radius 2 is 1.32 bits per heavy atom. The number of ether oxygens (including phenoxy) is 2. The van der Waals surface area contributed by atoms with Crippen molar-refractivity contribution in [3.05, 3.63) is 46.8 Å².